The van der Waals surface area contributed by atoms with Crippen LogP contribution in [0, 0.1) is 13.8 Å². The number of benzene rings is 2. The van der Waals surface area contributed by atoms with E-state index in [9.17, 15) is 19.2 Å². The molecule has 0 aliphatic carbocycles. The molecule has 6 N–H and O–H groups in total. The van der Waals surface area contributed by atoms with Crippen molar-refractivity contribution in [3.63, 3.8) is 0 Å². The number of allylic oxidation sites excluding steroid dienone is 2. The number of rotatable bonds is 14. The number of amides is 3. The van der Waals surface area contributed by atoms with Gasteiger partial charge < -0.3 is 29.8 Å². The summed E-state index contributed by atoms with van der Waals surface area (Å²) >= 11 is 0. The smallest absolute Gasteiger partial charge is 0.307 e. The molecule has 52 heavy (non-hydrogen) atoms. The van der Waals surface area contributed by atoms with Crippen LogP contribution in [0.3, 0.4) is 0 Å². The van der Waals surface area contributed by atoms with Crippen molar-refractivity contribution >= 4 is 63.5 Å². The Hall–Kier alpha value is -6.78. The van der Waals surface area contributed by atoms with E-state index in [1.54, 1.807) is 60.9 Å². The predicted octanol–water partition coefficient (Wildman–Crippen LogP) is 3.76. The van der Waals surface area contributed by atoms with Crippen LogP contribution in [0.25, 0.3) is 22.1 Å². The molecule has 3 amide bonds. The molecule has 0 aliphatic rings. The van der Waals surface area contributed by atoms with E-state index in [0.29, 0.717) is 58.5 Å². The second-order valence-corrected chi connectivity index (χ2v) is 11.9. The highest BCUT2D eigenvalue weighted by Crippen LogP contribution is 2.27. The maximum absolute atomic E-state index is 13.6. The van der Waals surface area contributed by atoms with Gasteiger partial charge in [0.05, 0.1) is 47.8 Å². The molecule has 0 spiro atoms. The number of anilines is 3. The number of carbonyl (C=O) groups is 4. The first kappa shape index (κ1) is 35.1. The molecular formula is C35H37N11O6. The number of hydrogen-bond acceptors (Lipinski definition) is 11. The summed E-state index contributed by atoms with van der Waals surface area (Å²) in [5.74, 6) is -0.443. The molecule has 0 aliphatic heterocycles. The number of primary amides is 2. The molecule has 268 valence electrons. The SMILES string of the molecule is CCc1nc(C)oc1Nc1nc2cc(C(N)=O)ccc2n1C/C=C/Cn1c(NC(=O)c2cc(C)nn2CCC(=O)OC)nc2cc(C(N)=O)ccc21. The van der Waals surface area contributed by atoms with Gasteiger partial charge in [0.15, 0.2) is 5.89 Å². The fraction of sp³-hybridized carbons (Fsp3) is 0.257. The predicted molar refractivity (Wildman–Crippen MR) is 191 cm³/mol. The van der Waals surface area contributed by atoms with E-state index in [4.69, 9.17) is 25.6 Å². The molecule has 17 heteroatoms. The number of methoxy groups -OCH3 is 1. The van der Waals surface area contributed by atoms with Crippen molar-refractivity contribution in [2.45, 2.75) is 53.2 Å². The van der Waals surface area contributed by atoms with Gasteiger partial charge in [-0.25, -0.2) is 15.0 Å². The standard InChI is InChI=1S/C35H37N11O6/c1-5-23-33(52-20(3)38-23)42-35-40-25-18-22(31(37)49)9-11-27(25)45(35)14-7-6-13-44-26-10-8-21(30(36)48)17-24(26)39-34(44)41-32(50)28-16-19(2)43-46(28)15-12-29(47)51-4/h6-11,16-18H,5,12-15H2,1-4H3,(H2,36,48)(H2,37,49)(H,40,42)(H,39,41,50)/b7-6+. The van der Waals surface area contributed by atoms with Gasteiger partial charge in [-0.2, -0.15) is 5.10 Å². The third-order valence-electron chi connectivity index (χ3n) is 8.29. The molecule has 0 unspecified atom stereocenters. The average molecular weight is 708 g/mol. The summed E-state index contributed by atoms with van der Waals surface area (Å²) in [7, 11) is 1.29. The van der Waals surface area contributed by atoms with E-state index in [1.807, 2.05) is 23.6 Å². The van der Waals surface area contributed by atoms with Crippen LogP contribution < -0.4 is 22.1 Å². The van der Waals surface area contributed by atoms with Gasteiger partial charge in [-0.1, -0.05) is 19.1 Å². The van der Waals surface area contributed by atoms with Crippen LogP contribution in [-0.2, 0) is 35.6 Å². The summed E-state index contributed by atoms with van der Waals surface area (Å²) in [4.78, 5) is 63.0. The summed E-state index contributed by atoms with van der Waals surface area (Å²) in [5.41, 5.74) is 15.6. The number of imidazole rings is 2. The number of nitrogens with two attached hydrogens (primary N) is 2. The van der Waals surface area contributed by atoms with Gasteiger partial charge in [-0.3, -0.25) is 34.5 Å². The van der Waals surface area contributed by atoms with Crippen LogP contribution in [-0.4, -0.2) is 64.7 Å². The topological polar surface area (TPSA) is 233 Å². The lowest BCUT2D eigenvalue weighted by molar-refractivity contribution is -0.140. The van der Waals surface area contributed by atoms with E-state index in [-0.39, 0.29) is 36.7 Å². The molecule has 0 saturated heterocycles. The molecule has 17 nitrogen and oxygen atoms in total. The number of oxazole rings is 1. The van der Waals surface area contributed by atoms with Crippen LogP contribution in [0.1, 0.15) is 61.8 Å². The number of aromatic nitrogens is 7. The highest BCUT2D eigenvalue weighted by Gasteiger charge is 2.20. The number of nitrogens with zero attached hydrogens (tertiary/aromatic N) is 7. The average Bonchev–Trinajstić information content (AvgIpc) is 3.87. The van der Waals surface area contributed by atoms with Crippen molar-refractivity contribution in [3.8, 4) is 0 Å². The van der Waals surface area contributed by atoms with Crippen molar-refractivity contribution in [1.82, 2.24) is 33.9 Å². The molecule has 4 heterocycles. The fourth-order valence-corrected chi connectivity index (χ4v) is 5.76. The van der Waals surface area contributed by atoms with Crippen LogP contribution >= 0.6 is 0 Å². The molecule has 0 bridgehead atoms. The largest absolute Gasteiger partial charge is 0.469 e. The molecule has 2 aromatic carbocycles. The third kappa shape index (κ3) is 7.23. The Morgan fingerprint density at radius 3 is 2.04 bits per heavy atom. The fourth-order valence-electron chi connectivity index (χ4n) is 5.76. The summed E-state index contributed by atoms with van der Waals surface area (Å²) < 4.78 is 15.7. The monoisotopic (exact) mass is 707 g/mol. The van der Waals surface area contributed by atoms with Crippen LogP contribution in [0.4, 0.5) is 17.8 Å². The molecule has 4 aromatic heterocycles. The molecule has 6 aromatic rings. The van der Waals surface area contributed by atoms with Crippen LogP contribution in [0.15, 0.2) is 59.0 Å². The minimum absolute atomic E-state index is 0.0324. The zero-order chi connectivity index (χ0) is 37.1. The Kier molecular flexibility index (Phi) is 9.84. The zero-order valence-electron chi connectivity index (χ0n) is 29.0. The third-order valence-corrected chi connectivity index (χ3v) is 8.29. The first-order valence-corrected chi connectivity index (χ1v) is 16.4. The van der Waals surface area contributed by atoms with Gasteiger partial charge in [-0.15, -0.1) is 0 Å². The summed E-state index contributed by atoms with van der Waals surface area (Å²) in [6.07, 6.45) is 4.48. The Labute approximate surface area is 296 Å². The second kappa shape index (κ2) is 14.6. The van der Waals surface area contributed by atoms with E-state index < -0.39 is 23.7 Å². The number of fused-ring (bicyclic) bond motifs is 2. The first-order valence-electron chi connectivity index (χ1n) is 16.4. The van der Waals surface area contributed by atoms with Crippen molar-refractivity contribution < 1.29 is 28.3 Å². The van der Waals surface area contributed by atoms with Crippen molar-refractivity contribution in [1.29, 1.82) is 0 Å². The zero-order valence-corrected chi connectivity index (χ0v) is 29.0. The minimum Gasteiger partial charge on any atom is -0.469 e. The van der Waals surface area contributed by atoms with Gasteiger partial charge in [0.25, 0.3) is 5.91 Å². The number of hydrogen-bond donors (Lipinski definition) is 4. The Morgan fingerprint density at radius 2 is 1.46 bits per heavy atom. The Bertz CT molecular complexity index is 2380. The van der Waals surface area contributed by atoms with Gasteiger partial charge in [0.1, 0.15) is 11.4 Å². The molecule has 6 rings (SSSR count). The van der Waals surface area contributed by atoms with Gasteiger partial charge in [0, 0.05) is 31.1 Å². The molecular weight excluding hydrogens is 670 g/mol. The van der Waals surface area contributed by atoms with Crippen LogP contribution in [0.5, 0.6) is 0 Å². The lowest BCUT2D eigenvalue weighted by atomic mass is 10.2. The van der Waals surface area contributed by atoms with E-state index in [2.05, 4.69) is 25.7 Å². The molecule has 0 atom stereocenters. The minimum atomic E-state index is -0.613. The van der Waals surface area contributed by atoms with Gasteiger partial charge in [0.2, 0.25) is 29.6 Å². The van der Waals surface area contributed by atoms with Crippen LogP contribution in [0.2, 0.25) is 0 Å². The normalized spacial score (nSPS) is 11.5. The van der Waals surface area contributed by atoms with Crippen molar-refractivity contribution in [2.24, 2.45) is 11.5 Å². The number of ether oxygens (including phenoxy) is 1. The number of aryl methyl sites for hydroxylation is 4. The number of carbonyl (C=O) groups excluding carboxylic acids is 4. The van der Waals surface area contributed by atoms with Gasteiger partial charge in [-0.05, 0) is 55.8 Å². The maximum Gasteiger partial charge on any atom is 0.307 e. The quantitative estimate of drug-likeness (QED) is 0.0940. The number of esters is 1. The van der Waals surface area contributed by atoms with E-state index in [0.717, 1.165) is 11.2 Å². The molecule has 0 saturated carbocycles. The first-order chi connectivity index (χ1) is 24.9. The maximum atomic E-state index is 13.6. The molecule has 0 fully saturated rings. The van der Waals surface area contributed by atoms with E-state index >= 15 is 0 Å². The molecule has 0 radical (unpaired) electrons. The highest BCUT2D eigenvalue weighted by atomic mass is 16.5. The summed E-state index contributed by atoms with van der Waals surface area (Å²) in [6, 6.07) is 11.5. The highest BCUT2D eigenvalue weighted by molar-refractivity contribution is 6.03. The second-order valence-electron chi connectivity index (χ2n) is 11.9. The lowest BCUT2D eigenvalue weighted by Gasteiger charge is -2.10. The summed E-state index contributed by atoms with van der Waals surface area (Å²) in [5, 5.41) is 10.5. The Balaban J connectivity index is 1.31. The summed E-state index contributed by atoms with van der Waals surface area (Å²) in [6.45, 7) is 6.24. The van der Waals surface area contributed by atoms with Gasteiger partial charge >= 0.3 is 5.97 Å². The lowest BCUT2D eigenvalue weighted by Crippen LogP contribution is -2.21. The Morgan fingerprint density at radius 1 is 0.865 bits per heavy atom. The van der Waals surface area contributed by atoms with E-state index in [1.165, 1.54) is 11.8 Å². The van der Waals surface area contributed by atoms with Crippen molar-refractivity contribution in [2.75, 3.05) is 17.7 Å². The number of nitrogens with one attached hydrogen (secondary N) is 2. The van der Waals surface area contributed by atoms with Crippen molar-refractivity contribution in [3.05, 3.63) is 88.7 Å².